The fourth-order valence-corrected chi connectivity index (χ4v) is 3.67. The van der Waals surface area contributed by atoms with Crippen LogP contribution in [0.25, 0.3) is 0 Å². The largest absolute Gasteiger partial charge is 0.309 e. The second-order valence-electron chi connectivity index (χ2n) is 5.22. The molecule has 1 unspecified atom stereocenters. The molecule has 1 aromatic heterocycles. The minimum atomic E-state index is -0.433. The summed E-state index contributed by atoms with van der Waals surface area (Å²) < 4.78 is 0. The van der Waals surface area contributed by atoms with Crippen LogP contribution in [-0.2, 0) is 4.79 Å². The molecule has 0 fully saturated rings. The molecule has 1 heterocycles. The molecule has 0 aliphatic heterocycles. The maximum Gasteiger partial charge on any atom is 0.243 e. The van der Waals surface area contributed by atoms with Crippen LogP contribution < -0.4 is 5.32 Å². The summed E-state index contributed by atoms with van der Waals surface area (Å²) in [4.78, 5) is 17.9. The number of carbonyl (C=O) groups excluding carboxylic acids is 1. The summed E-state index contributed by atoms with van der Waals surface area (Å²) >= 11 is 13.3. The quantitative estimate of drug-likeness (QED) is 0.556. The number of amides is 1. The van der Waals surface area contributed by atoms with Gasteiger partial charge in [-0.2, -0.15) is 0 Å². The molecule has 1 amide bonds. The Kier molecular flexibility index (Phi) is 5.97. The third-order valence-electron chi connectivity index (χ3n) is 3.37. The van der Waals surface area contributed by atoms with Crippen LogP contribution in [0.15, 0.2) is 77.8 Å². The van der Waals surface area contributed by atoms with Crippen molar-refractivity contribution in [2.24, 2.45) is 0 Å². The van der Waals surface area contributed by atoms with Crippen molar-refractivity contribution in [1.29, 1.82) is 0 Å². The number of anilines is 1. The van der Waals surface area contributed by atoms with Crippen LogP contribution >= 0.6 is 35.0 Å². The van der Waals surface area contributed by atoms with Crippen LogP contribution in [0.5, 0.6) is 0 Å². The van der Waals surface area contributed by atoms with E-state index in [1.807, 2.05) is 48.5 Å². The molecule has 126 valence electrons. The molecule has 0 saturated carbocycles. The number of carbonyl (C=O) groups is 1. The zero-order chi connectivity index (χ0) is 17.6. The summed E-state index contributed by atoms with van der Waals surface area (Å²) in [6, 6.07) is 20.4. The van der Waals surface area contributed by atoms with E-state index in [4.69, 9.17) is 23.2 Å². The van der Waals surface area contributed by atoms with Crippen molar-refractivity contribution in [3.05, 3.63) is 88.5 Å². The van der Waals surface area contributed by atoms with Crippen LogP contribution in [0.3, 0.4) is 0 Å². The summed E-state index contributed by atoms with van der Waals surface area (Å²) in [5.41, 5.74) is 0.902. The van der Waals surface area contributed by atoms with E-state index in [-0.39, 0.29) is 5.91 Å². The molecule has 1 N–H and O–H groups in total. The topological polar surface area (TPSA) is 42.0 Å². The molecule has 3 nitrogen and oxygen atoms in total. The molecule has 1 atom stereocenters. The first-order valence-corrected chi connectivity index (χ1v) is 9.15. The average Bonchev–Trinajstić information content (AvgIpc) is 2.62. The Labute approximate surface area is 160 Å². The van der Waals surface area contributed by atoms with Crippen LogP contribution in [0.2, 0.25) is 10.0 Å². The number of hydrogen-bond donors (Lipinski definition) is 1. The number of benzene rings is 2. The highest BCUT2D eigenvalue weighted by Gasteiger charge is 2.22. The Morgan fingerprint density at radius 1 is 0.960 bits per heavy atom. The Bertz CT molecular complexity index is 857. The van der Waals surface area contributed by atoms with Gasteiger partial charge < -0.3 is 5.32 Å². The minimum Gasteiger partial charge on any atom is -0.309 e. The number of nitrogens with one attached hydrogen (secondary N) is 1. The van der Waals surface area contributed by atoms with Crippen LogP contribution in [0.1, 0.15) is 10.8 Å². The molecule has 0 bridgehead atoms. The molecule has 3 aromatic rings. The Balaban J connectivity index is 1.85. The van der Waals surface area contributed by atoms with Crippen LogP contribution in [0.4, 0.5) is 5.82 Å². The predicted molar refractivity (Wildman–Crippen MR) is 104 cm³/mol. The summed E-state index contributed by atoms with van der Waals surface area (Å²) in [6.45, 7) is 0. The number of aromatic nitrogens is 1. The van der Waals surface area contributed by atoms with Gasteiger partial charge in [-0.3, -0.25) is 4.79 Å². The zero-order valence-electron chi connectivity index (χ0n) is 13.0. The van der Waals surface area contributed by atoms with Gasteiger partial charge in [0, 0.05) is 16.1 Å². The highest BCUT2D eigenvalue weighted by atomic mass is 35.5. The molecule has 0 aliphatic rings. The maximum atomic E-state index is 12.8. The molecule has 3 rings (SSSR count). The number of nitrogens with zero attached hydrogens (tertiary/aromatic N) is 1. The highest BCUT2D eigenvalue weighted by Crippen LogP contribution is 2.37. The first kappa shape index (κ1) is 17.8. The normalized spacial score (nSPS) is 11.8. The van der Waals surface area contributed by atoms with E-state index in [1.165, 1.54) is 18.0 Å². The van der Waals surface area contributed by atoms with Gasteiger partial charge in [0.05, 0.1) is 5.02 Å². The van der Waals surface area contributed by atoms with Crippen molar-refractivity contribution in [2.45, 2.75) is 10.1 Å². The van der Waals surface area contributed by atoms with E-state index in [1.54, 1.807) is 18.2 Å². The van der Waals surface area contributed by atoms with Crippen LogP contribution in [-0.4, -0.2) is 10.9 Å². The van der Waals surface area contributed by atoms with Crippen molar-refractivity contribution in [2.75, 3.05) is 5.32 Å². The molecule has 0 saturated heterocycles. The Morgan fingerprint density at radius 3 is 2.44 bits per heavy atom. The minimum absolute atomic E-state index is 0.161. The molecule has 6 heteroatoms. The fourth-order valence-electron chi connectivity index (χ4n) is 2.22. The lowest BCUT2D eigenvalue weighted by Crippen LogP contribution is -2.19. The van der Waals surface area contributed by atoms with Gasteiger partial charge in [-0.25, -0.2) is 4.98 Å². The lowest BCUT2D eigenvalue weighted by atomic mass is 10.1. The number of rotatable bonds is 5. The van der Waals surface area contributed by atoms with Gasteiger partial charge in [0.15, 0.2) is 0 Å². The number of pyridine rings is 1. The number of hydrogen-bond acceptors (Lipinski definition) is 3. The summed E-state index contributed by atoms with van der Waals surface area (Å²) in [5.74, 6) is 0.299. The van der Waals surface area contributed by atoms with Crippen molar-refractivity contribution in [1.82, 2.24) is 4.98 Å². The van der Waals surface area contributed by atoms with E-state index >= 15 is 0 Å². The van der Waals surface area contributed by atoms with Crippen molar-refractivity contribution >= 4 is 46.7 Å². The van der Waals surface area contributed by atoms with E-state index in [0.717, 1.165) is 10.5 Å². The Morgan fingerprint density at radius 2 is 1.76 bits per heavy atom. The van der Waals surface area contributed by atoms with E-state index in [2.05, 4.69) is 10.3 Å². The van der Waals surface area contributed by atoms with Gasteiger partial charge in [-0.1, -0.05) is 59.6 Å². The van der Waals surface area contributed by atoms with Crippen molar-refractivity contribution in [3.8, 4) is 0 Å². The van der Waals surface area contributed by atoms with E-state index in [0.29, 0.717) is 15.9 Å². The summed E-state index contributed by atoms with van der Waals surface area (Å²) in [7, 11) is 0. The van der Waals surface area contributed by atoms with Crippen molar-refractivity contribution < 1.29 is 4.79 Å². The molecule has 0 aliphatic carbocycles. The smallest absolute Gasteiger partial charge is 0.243 e. The number of halogens is 2. The van der Waals surface area contributed by atoms with E-state index in [9.17, 15) is 4.79 Å². The van der Waals surface area contributed by atoms with Gasteiger partial charge in [0.2, 0.25) is 5.91 Å². The third kappa shape index (κ3) is 4.98. The lowest BCUT2D eigenvalue weighted by Gasteiger charge is -2.17. The standard InChI is InChI=1S/C19H14Cl2N2OS/c20-14-7-4-8-16(11-14)25-18(13-5-2-1-3-6-13)19(24)23-17-10-9-15(21)12-22-17/h1-12,18H,(H,22,23,24). The van der Waals surface area contributed by atoms with Gasteiger partial charge >= 0.3 is 0 Å². The molecule has 2 aromatic carbocycles. The van der Waals surface area contributed by atoms with Crippen LogP contribution in [0, 0.1) is 0 Å². The van der Waals surface area contributed by atoms with Crippen molar-refractivity contribution in [3.63, 3.8) is 0 Å². The second kappa shape index (κ2) is 8.39. The van der Waals surface area contributed by atoms with Gasteiger partial charge in [0.1, 0.15) is 11.1 Å². The summed E-state index contributed by atoms with van der Waals surface area (Å²) in [6.07, 6.45) is 1.50. The molecule has 0 radical (unpaired) electrons. The molecule has 0 spiro atoms. The predicted octanol–water partition coefficient (Wildman–Crippen LogP) is 5.86. The zero-order valence-corrected chi connectivity index (χ0v) is 15.4. The molecular formula is C19H14Cl2N2OS. The molecule has 25 heavy (non-hydrogen) atoms. The lowest BCUT2D eigenvalue weighted by molar-refractivity contribution is -0.115. The molecular weight excluding hydrogens is 375 g/mol. The number of thioether (sulfide) groups is 1. The third-order valence-corrected chi connectivity index (χ3v) is 5.08. The summed E-state index contributed by atoms with van der Waals surface area (Å²) in [5, 5.41) is 3.56. The average molecular weight is 389 g/mol. The fraction of sp³-hybridized carbons (Fsp3) is 0.0526. The first-order chi connectivity index (χ1) is 12.1. The van der Waals surface area contributed by atoms with E-state index < -0.39 is 5.25 Å². The highest BCUT2D eigenvalue weighted by molar-refractivity contribution is 8.00. The maximum absolute atomic E-state index is 12.8. The van der Waals surface area contributed by atoms with Gasteiger partial charge in [-0.05, 0) is 35.9 Å². The van der Waals surface area contributed by atoms with Gasteiger partial charge in [0.25, 0.3) is 0 Å². The second-order valence-corrected chi connectivity index (χ2v) is 7.27. The first-order valence-electron chi connectivity index (χ1n) is 7.51. The SMILES string of the molecule is O=C(Nc1ccc(Cl)cn1)C(Sc1cccc(Cl)c1)c1ccccc1. The van der Waals surface area contributed by atoms with Gasteiger partial charge in [-0.15, -0.1) is 11.8 Å². The monoisotopic (exact) mass is 388 g/mol. The Hall–Kier alpha value is -2.01.